The van der Waals surface area contributed by atoms with Crippen LogP contribution in [0.2, 0.25) is 0 Å². The van der Waals surface area contributed by atoms with Gasteiger partial charge in [-0.3, -0.25) is 15.0 Å². The van der Waals surface area contributed by atoms with E-state index in [9.17, 15) is 0 Å². The molecule has 4 nitrogen and oxygen atoms in total. The molecule has 0 spiro atoms. The van der Waals surface area contributed by atoms with Crippen molar-refractivity contribution in [3.8, 4) is 0 Å². The highest BCUT2D eigenvalue weighted by molar-refractivity contribution is 5.83. The molecule has 18 heavy (non-hydrogen) atoms. The SMILES string of the molecule is CCN(CC)Cc1[nH]nc2ccnc(C(C)C)c12. The van der Waals surface area contributed by atoms with Crippen LogP contribution in [0.15, 0.2) is 12.3 Å². The van der Waals surface area contributed by atoms with Gasteiger partial charge >= 0.3 is 0 Å². The molecule has 2 aromatic rings. The normalized spacial score (nSPS) is 11.9. The van der Waals surface area contributed by atoms with Crippen LogP contribution >= 0.6 is 0 Å². The second-order valence-electron chi connectivity index (χ2n) is 4.91. The summed E-state index contributed by atoms with van der Waals surface area (Å²) in [5.41, 5.74) is 3.35. The lowest BCUT2D eigenvalue weighted by Gasteiger charge is -2.17. The average Bonchev–Trinajstić information content (AvgIpc) is 2.78. The average molecular weight is 246 g/mol. The van der Waals surface area contributed by atoms with Crippen molar-refractivity contribution in [1.29, 1.82) is 0 Å². The Morgan fingerprint density at radius 2 is 2.00 bits per heavy atom. The third-order valence-corrected chi connectivity index (χ3v) is 3.39. The quantitative estimate of drug-likeness (QED) is 0.882. The summed E-state index contributed by atoms with van der Waals surface area (Å²) in [5, 5.41) is 8.78. The molecule has 0 bridgehead atoms. The number of aromatic nitrogens is 3. The van der Waals surface area contributed by atoms with Crippen molar-refractivity contribution < 1.29 is 0 Å². The summed E-state index contributed by atoms with van der Waals surface area (Å²) in [6, 6.07) is 1.98. The lowest BCUT2D eigenvalue weighted by atomic mass is 10.0. The van der Waals surface area contributed by atoms with Crippen LogP contribution in [0.25, 0.3) is 10.9 Å². The summed E-state index contributed by atoms with van der Waals surface area (Å²) in [6.45, 7) is 11.7. The van der Waals surface area contributed by atoms with Gasteiger partial charge in [0.1, 0.15) is 0 Å². The Labute approximate surface area is 108 Å². The third-order valence-electron chi connectivity index (χ3n) is 3.39. The zero-order chi connectivity index (χ0) is 13.1. The van der Waals surface area contributed by atoms with E-state index in [4.69, 9.17) is 0 Å². The molecule has 0 saturated heterocycles. The fourth-order valence-electron chi connectivity index (χ4n) is 2.28. The number of aromatic amines is 1. The van der Waals surface area contributed by atoms with E-state index in [1.54, 1.807) is 0 Å². The highest BCUT2D eigenvalue weighted by Gasteiger charge is 2.14. The van der Waals surface area contributed by atoms with Crippen LogP contribution in [0.4, 0.5) is 0 Å². The molecule has 1 N–H and O–H groups in total. The summed E-state index contributed by atoms with van der Waals surface area (Å²) in [6.07, 6.45) is 1.85. The lowest BCUT2D eigenvalue weighted by Crippen LogP contribution is -2.22. The molecule has 2 aromatic heterocycles. The van der Waals surface area contributed by atoms with Crippen LogP contribution < -0.4 is 0 Å². The monoisotopic (exact) mass is 246 g/mol. The third kappa shape index (κ3) is 2.38. The van der Waals surface area contributed by atoms with Gasteiger partial charge in [0, 0.05) is 18.1 Å². The standard InChI is InChI=1S/C14H22N4/c1-5-18(6-2)9-12-13-11(16-17-12)7-8-15-14(13)10(3)4/h7-8,10H,5-6,9H2,1-4H3,(H,16,17). The molecule has 0 unspecified atom stereocenters. The van der Waals surface area contributed by atoms with E-state index in [0.29, 0.717) is 5.92 Å². The van der Waals surface area contributed by atoms with Gasteiger partial charge in [0.05, 0.1) is 16.9 Å². The molecular weight excluding hydrogens is 224 g/mol. The summed E-state index contributed by atoms with van der Waals surface area (Å²) in [4.78, 5) is 6.90. The Balaban J connectivity index is 2.45. The first-order chi connectivity index (χ1) is 8.67. The van der Waals surface area contributed by atoms with Crippen LogP contribution in [-0.4, -0.2) is 33.2 Å². The van der Waals surface area contributed by atoms with Gasteiger partial charge in [-0.2, -0.15) is 5.10 Å². The second kappa shape index (κ2) is 5.48. The summed E-state index contributed by atoms with van der Waals surface area (Å²) >= 11 is 0. The Kier molecular flexibility index (Phi) is 3.97. The zero-order valence-corrected chi connectivity index (χ0v) is 11.7. The number of nitrogens with zero attached hydrogens (tertiary/aromatic N) is 3. The van der Waals surface area contributed by atoms with Crippen molar-refractivity contribution in [3.63, 3.8) is 0 Å². The van der Waals surface area contributed by atoms with Crippen molar-refractivity contribution in [3.05, 3.63) is 23.7 Å². The minimum absolute atomic E-state index is 0.418. The smallest absolute Gasteiger partial charge is 0.0958 e. The maximum atomic E-state index is 4.52. The lowest BCUT2D eigenvalue weighted by molar-refractivity contribution is 0.293. The van der Waals surface area contributed by atoms with Crippen LogP contribution in [0.1, 0.15) is 45.0 Å². The summed E-state index contributed by atoms with van der Waals surface area (Å²) < 4.78 is 0. The van der Waals surface area contributed by atoms with Gasteiger partial charge in [-0.05, 0) is 25.1 Å². The Morgan fingerprint density at radius 3 is 2.61 bits per heavy atom. The van der Waals surface area contributed by atoms with Gasteiger partial charge in [-0.1, -0.05) is 27.7 Å². The summed E-state index contributed by atoms with van der Waals surface area (Å²) in [7, 11) is 0. The van der Waals surface area contributed by atoms with Crippen LogP contribution in [0.3, 0.4) is 0 Å². The topological polar surface area (TPSA) is 44.8 Å². The molecule has 0 aliphatic carbocycles. The maximum absolute atomic E-state index is 4.52. The molecule has 4 heteroatoms. The highest BCUT2D eigenvalue weighted by atomic mass is 15.2. The predicted molar refractivity (Wildman–Crippen MR) is 74.6 cm³/mol. The van der Waals surface area contributed by atoms with Crippen molar-refractivity contribution in [2.75, 3.05) is 13.1 Å². The van der Waals surface area contributed by atoms with Crippen LogP contribution in [0.5, 0.6) is 0 Å². The molecule has 2 rings (SSSR count). The first kappa shape index (κ1) is 13.0. The van der Waals surface area contributed by atoms with Gasteiger partial charge in [0.25, 0.3) is 0 Å². The molecule has 0 amide bonds. The molecule has 0 aromatic carbocycles. The molecule has 0 aliphatic heterocycles. The van der Waals surface area contributed by atoms with Crippen molar-refractivity contribution in [1.82, 2.24) is 20.1 Å². The van der Waals surface area contributed by atoms with Crippen molar-refractivity contribution >= 4 is 10.9 Å². The number of rotatable bonds is 5. The molecule has 0 saturated carbocycles. The van der Waals surface area contributed by atoms with E-state index in [-0.39, 0.29) is 0 Å². The van der Waals surface area contributed by atoms with E-state index in [2.05, 4.69) is 47.8 Å². The predicted octanol–water partition coefficient (Wildman–Crippen LogP) is 2.92. The van der Waals surface area contributed by atoms with Gasteiger partial charge in [-0.15, -0.1) is 0 Å². The fourth-order valence-corrected chi connectivity index (χ4v) is 2.28. The van der Waals surface area contributed by atoms with Crippen molar-refractivity contribution in [2.45, 2.75) is 40.2 Å². The zero-order valence-electron chi connectivity index (χ0n) is 11.7. The van der Waals surface area contributed by atoms with E-state index in [1.165, 1.54) is 11.1 Å². The van der Waals surface area contributed by atoms with Gasteiger partial charge in [0.15, 0.2) is 0 Å². The number of hydrogen-bond donors (Lipinski definition) is 1. The number of nitrogens with one attached hydrogen (secondary N) is 1. The van der Waals surface area contributed by atoms with Crippen LogP contribution in [0, 0.1) is 0 Å². The maximum Gasteiger partial charge on any atom is 0.0958 e. The Morgan fingerprint density at radius 1 is 1.28 bits per heavy atom. The Hall–Kier alpha value is -1.42. The van der Waals surface area contributed by atoms with E-state index in [0.717, 1.165) is 30.8 Å². The molecule has 0 fully saturated rings. The Bertz CT molecular complexity index is 511. The van der Waals surface area contributed by atoms with Crippen LogP contribution in [-0.2, 0) is 6.54 Å². The van der Waals surface area contributed by atoms with Gasteiger partial charge < -0.3 is 0 Å². The van der Waals surface area contributed by atoms with E-state index >= 15 is 0 Å². The molecule has 0 aliphatic rings. The number of hydrogen-bond acceptors (Lipinski definition) is 3. The van der Waals surface area contributed by atoms with Gasteiger partial charge in [-0.25, -0.2) is 0 Å². The second-order valence-corrected chi connectivity index (χ2v) is 4.91. The number of H-pyrrole nitrogens is 1. The van der Waals surface area contributed by atoms with E-state index < -0.39 is 0 Å². The first-order valence-electron chi connectivity index (χ1n) is 6.71. The number of fused-ring (bicyclic) bond motifs is 1. The fraction of sp³-hybridized carbons (Fsp3) is 0.571. The molecule has 0 radical (unpaired) electrons. The molecular formula is C14H22N4. The van der Waals surface area contributed by atoms with E-state index in [1.807, 2.05) is 12.3 Å². The largest absolute Gasteiger partial charge is 0.298 e. The highest BCUT2D eigenvalue weighted by Crippen LogP contribution is 2.25. The van der Waals surface area contributed by atoms with Gasteiger partial charge in [0.2, 0.25) is 0 Å². The molecule has 98 valence electrons. The number of pyridine rings is 1. The minimum atomic E-state index is 0.418. The molecule has 0 atom stereocenters. The minimum Gasteiger partial charge on any atom is -0.298 e. The summed E-state index contributed by atoms with van der Waals surface area (Å²) in [5.74, 6) is 0.418. The van der Waals surface area contributed by atoms with Crippen molar-refractivity contribution in [2.24, 2.45) is 0 Å². The first-order valence-corrected chi connectivity index (χ1v) is 6.71. The molecule has 2 heterocycles.